The molecule has 0 spiro atoms. The Balaban J connectivity index is 2.00. The minimum Gasteiger partial charge on any atom is -0.479 e. The molecule has 96 valence electrons. The van der Waals surface area contributed by atoms with Crippen LogP contribution in [0.25, 0.3) is 0 Å². The monoisotopic (exact) mass is 311 g/mol. The maximum absolute atomic E-state index is 11.3. The molecule has 1 aromatic rings. The molecule has 2 aliphatic rings. The van der Waals surface area contributed by atoms with Crippen LogP contribution in [0.5, 0.6) is 5.75 Å². The second-order valence-corrected chi connectivity index (χ2v) is 5.29. The van der Waals surface area contributed by atoms with Crippen molar-refractivity contribution in [2.75, 3.05) is 43.0 Å². The highest BCUT2D eigenvalue weighted by Crippen LogP contribution is 2.40. The van der Waals surface area contributed by atoms with Crippen molar-refractivity contribution in [2.24, 2.45) is 0 Å². The summed E-state index contributed by atoms with van der Waals surface area (Å²) >= 11 is 3.48. The summed E-state index contributed by atoms with van der Waals surface area (Å²) in [6.07, 6.45) is 0. The predicted molar refractivity (Wildman–Crippen MR) is 73.3 cm³/mol. The molecule has 1 amide bonds. The van der Waals surface area contributed by atoms with Crippen LogP contribution < -0.4 is 20.3 Å². The van der Waals surface area contributed by atoms with Crippen molar-refractivity contribution >= 4 is 33.2 Å². The van der Waals surface area contributed by atoms with E-state index in [0.717, 1.165) is 47.8 Å². The lowest BCUT2D eigenvalue weighted by Gasteiger charge is -2.32. The van der Waals surface area contributed by atoms with Gasteiger partial charge >= 0.3 is 0 Å². The van der Waals surface area contributed by atoms with E-state index < -0.39 is 0 Å². The number of halogens is 1. The van der Waals surface area contributed by atoms with Gasteiger partial charge in [0, 0.05) is 30.7 Å². The molecule has 0 bridgehead atoms. The molecule has 1 fully saturated rings. The number of fused-ring (bicyclic) bond motifs is 1. The van der Waals surface area contributed by atoms with Crippen LogP contribution in [0.15, 0.2) is 16.6 Å². The molecule has 1 aromatic carbocycles. The van der Waals surface area contributed by atoms with E-state index in [4.69, 9.17) is 4.74 Å². The maximum atomic E-state index is 11.3. The maximum Gasteiger partial charge on any atom is 0.262 e. The van der Waals surface area contributed by atoms with Crippen LogP contribution in [0.4, 0.5) is 11.4 Å². The van der Waals surface area contributed by atoms with Gasteiger partial charge < -0.3 is 20.3 Å². The van der Waals surface area contributed by atoms with E-state index in [9.17, 15) is 4.79 Å². The summed E-state index contributed by atoms with van der Waals surface area (Å²) < 4.78 is 6.53. The quantitative estimate of drug-likeness (QED) is 0.818. The second kappa shape index (κ2) is 4.78. The van der Waals surface area contributed by atoms with E-state index in [1.165, 1.54) is 0 Å². The number of amides is 1. The molecule has 3 rings (SSSR count). The minimum atomic E-state index is -0.105. The Morgan fingerprint density at radius 2 is 2.06 bits per heavy atom. The fraction of sp³-hybridized carbons (Fsp3) is 0.417. The topological polar surface area (TPSA) is 53.6 Å². The second-order valence-electron chi connectivity index (χ2n) is 4.38. The zero-order chi connectivity index (χ0) is 12.5. The van der Waals surface area contributed by atoms with Gasteiger partial charge in [-0.1, -0.05) is 15.9 Å². The number of hydrogen-bond acceptors (Lipinski definition) is 4. The van der Waals surface area contributed by atoms with E-state index >= 15 is 0 Å². The van der Waals surface area contributed by atoms with Gasteiger partial charge in [-0.15, -0.1) is 0 Å². The van der Waals surface area contributed by atoms with Crippen molar-refractivity contribution < 1.29 is 9.53 Å². The Labute approximate surface area is 114 Å². The van der Waals surface area contributed by atoms with Gasteiger partial charge in [-0.3, -0.25) is 4.79 Å². The lowest BCUT2D eigenvalue weighted by atomic mass is 10.2. The first-order valence-electron chi connectivity index (χ1n) is 5.96. The third-order valence-corrected chi connectivity index (χ3v) is 3.57. The molecule has 0 aromatic heterocycles. The van der Waals surface area contributed by atoms with Gasteiger partial charge in [0.15, 0.2) is 12.4 Å². The molecule has 5 nitrogen and oxygen atoms in total. The molecule has 6 heteroatoms. The first kappa shape index (κ1) is 11.8. The lowest BCUT2D eigenvalue weighted by Crippen LogP contribution is -2.44. The lowest BCUT2D eigenvalue weighted by molar-refractivity contribution is -0.118. The fourth-order valence-corrected chi connectivity index (χ4v) is 2.73. The molecule has 0 atom stereocenters. The van der Waals surface area contributed by atoms with Crippen LogP contribution in [0, 0.1) is 0 Å². The van der Waals surface area contributed by atoms with Crippen molar-refractivity contribution in [3.63, 3.8) is 0 Å². The summed E-state index contributed by atoms with van der Waals surface area (Å²) in [5.41, 5.74) is 1.79. The predicted octanol–water partition coefficient (Wildman–Crippen LogP) is 1.19. The number of anilines is 2. The number of nitrogens with zero attached hydrogens (tertiary/aromatic N) is 1. The highest BCUT2D eigenvalue weighted by atomic mass is 79.9. The molecule has 0 unspecified atom stereocenters. The first-order chi connectivity index (χ1) is 8.74. The molecule has 2 heterocycles. The molecular formula is C12H14BrN3O2. The molecule has 18 heavy (non-hydrogen) atoms. The van der Waals surface area contributed by atoms with Gasteiger partial charge in [-0.2, -0.15) is 0 Å². The van der Waals surface area contributed by atoms with Crippen LogP contribution in [0.3, 0.4) is 0 Å². The number of piperazine rings is 1. The minimum absolute atomic E-state index is 0.0910. The van der Waals surface area contributed by atoms with Crippen LogP contribution in [0.2, 0.25) is 0 Å². The number of benzene rings is 1. The Kier molecular flexibility index (Phi) is 3.13. The summed E-state index contributed by atoms with van der Waals surface area (Å²) in [7, 11) is 0. The third kappa shape index (κ3) is 2.18. The van der Waals surface area contributed by atoms with Crippen molar-refractivity contribution in [3.8, 4) is 5.75 Å². The summed E-state index contributed by atoms with van der Waals surface area (Å²) in [5, 5.41) is 6.17. The number of carbonyl (C=O) groups is 1. The SMILES string of the molecule is O=C1COc2c(cc(Br)cc2N2CCNCC2)N1. The van der Waals surface area contributed by atoms with Gasteiger partial charge in [0.25, 0.3) is 5.91 Å². The fourth-order valence-electron chi connectivity index (χ4n) is 2.29. The van der Waals surface area contributed by atoms with E-state index in [0.29, 0.717) is 0 Å². The van der Waals surface area contributed by atoms with Crippen molar-refractivity contribution in [2.45, 2.75) is 0 Å². The van der Waals surface area contributed by atoms with Gasteiger partial charge in [0.2, 0.25) is 0 Å². The number of rotatable bonds is 1. The normalized spacial score (nSPS) is 18.9. The smallest absolute Gasteiger partial charge is 0.262 e. The molecular weight excluding hydrogens is 298 g/mol. The van der Waals surface area contributed by atoms with Gasteiger partial charge in [0.05, 0.1) is 11.4 Å². The van der Waals surface area contributed by atoms with Crippen molar-refractivity contribution in [3.05, 3.63) is 16.6 Å². The van der Waals surface area contributed by atoms with E-state index in [2.05, 4.69) is 31.5 Å². The summed E-state index contributed by atoms with van der Waals surface area (Å²) in [4.78, 5) is 13.6. The van der Waals surface area contributed by atoms with Crippen LogP contribution >= 0.6 is 15.9 Å². The molecule has 1 saturated heterocycles. The van der Waals surface area contributed by atoms with Crippen LogP contribution in [-0.4, -0.2) is 38.7 Å². The van der Waals surface area contributed by atoms with Gasteiger partial charge in [-0.25, -0.2) is 0 Å². The Morgan fingerprint density at radius 3 is 2.83 bits per heavy atom. The highest BCUT2D eigenvalue weighted by Gasteiger charge is 2.23. The average Bonchev–Trinajstić information content (AvgIpc) is 2.38. The average molecular weight is 312 g/mol. The standard InChI is InChI=1S/C12H14BrN3O2/c13-8-5-9-12(18-7-11(17)15-9)10(6-8)16-3-1-14-2-4-16/h5-6,14H,1-4,7H2,(H,15,17). The summed E-state index contributed by atoms with van der Waals surface area (Å²) in [6, 6.07) is 3.92. The summed E-state index contributed by atoms with van der Waals surface area (Å²) in [6.45, 7) is 3.91. The zero-order valence-corrected chi connectivity index (χ0v) is 11.4. The Hall–Kier alpha value is -1.27. The molecule has 0 saturated carbocycles. The molecule has 0 aliphatic carbocycles. The van der Waals surface area contributed by atoms with Crippen LogP contribution in [0.1, 0.15) is 0 Å². The highest BCUT2D eigenvalue weighted by molar-refractivity contribution is 9.10. The largest absolute Gasteiger partial charge is 0.479 e. The molecule has 2 N–H and O–H groups in total. The number of nitrogens with one attached hydrogen (secondary N) is 2. The zero-order valence-electron chi connectivity index (χ0n) is 9.83. The van der Waals surface area contributed by atoms with E-state index in [-0.39, 0.29) is 12.5 Å². The number of hydrogen-bond donors (Lipinski definition) is 2. The number of ether oxygens (including phenoxy) is 1. The van der Waals surface area contributed by atoms with Crippen molar-refractivity contribution in [1.29, 1.82) is 0 Å². The Morgan fingerprint density at radius 1 is 1.28 bits per heavy atom. The van der Waals surface area contributed by atoms with E-state index in [1.807, 2.05) is 12.1 Å². The molecule has 2 aliphatic heterocycles. The van der Waals surface area contributed by atoms with Gasteiger partial charge in [-0.05, 0) is 12.1 Å². The van der Waals surface area contributed by atoms with Crippen LogP contribution in [-0.2, 0) is 4.79 Å². The van der Waals surface area contributed by atoms with Crippen molar-refractivity contribution in [1.82, 2.24) is 5.32 Å². The van der Waals surface area contributed by atoms with E-state index in [1.54, 1.807) is 0 Å². The first-order valence-corrected chi connectivity index (χ1v) is 6.75. The van der Waals surface area contributed by atoms with Gasteiger partial charge in [0.1, 0.15) is 0 Å². The third-order valence-electron chi connectivity index (χ3n) is 3.11. The Bertz CT molecular complexity index is 486. The number of carbonyl (C=O) groups excluding carboxylic acids is 1. The summed E-state index contributed by atoms with van der Waals surface area (Å²) in [5.74, 6) is 0.673. The molecule has 0 radical (unpaired) electrons.